The molecule has 0 aliphatic heterocycles. The van der Waals surface area contributed by atoms with Crippen molar-refractivity contribution in [1.29, 1.82) is 0 Å². The van der Waals surface area contributed by atoms with Crippen molar-refractivity contribution in [2.45, 2.75) is 31.2 Å². The van der Waals surface area contributed by atoms with E-state index in [2.05, 4.69) is 43.9 Å². The van der Waals surface area contributed by atoms with Crippen molar-refractivity contribution in [2.75, 3.05) is 0 Å². The first kappa shape index (κ1) is 13.2. The highest BCUT2D eigenvalue weighted by molar-refractivity contribution is 9.11. The van der Waals surface area contributed by atoms with Crippen LogP contribution in [0.15, 0.2) is 33.6 Å². The van der Waals surface area contributed by atoms with Crippen molar-refractivity contribution >= 4 is 27.3 Å². The Labute approximate surface area is 125 Å². The summed E-state index contributed by atoms with van der Waals surface area (Å²) in [6, 6.07) is 6.49. The van der Waals surface area contributed by atoms with Crippen molar-refractivity contribution in [3.8, 4) is 0 Å². The SMILES string of the molecule is NNC(c1csc(Br)c1)C1CCCc2cccnc21. The Balaban J connectivity index is 1.97. The predicted octanol–water partition coefficient (Wildman–Crippen LogP) is 3.53. The molecule has 0 aromatic carbocycles. The Morgan fingerprint density at radius 2 is 2.42 bits per heavy atom. The first-order chi connectivity index (χ1) is 9.29. The van der Waals surface area contributed by atoms with Gasteiger partial charge in [-0.15, -0.1) is 11.3 Å². The molecule has 2 unspecified atom stereocenters. The van der Waals surface area contributed by atoms with Gasteiger partial charge in [0.15, 0.2) is 0 Å². The van der Waals surface area contributed by atoms with Gasteiger partial charge in [-0.1, -0.05) is 6.07 Å². The van der Waals surface area contributed by atoms with Gasteiger partial charge in [0.1, 0.15) is 0 Å². The fourth-order valence-corrected chi connectivity index (χ4v) is 4.11. The Morgan fingerprint density at radius 1 is 1.53 bits per heavy atom. The average Bonchev–Trinajstić information content (AvgIpc) is 2.86. The van der Waals surface area contributed by atoms with E-state index in [9.17, 15) is 0 Å². The summed E-state index contributed by atoms with van der Waals surface area (Å²) >= 11 is 5.21. The molecule has 0 amide bonds. The van der Waals surface area contributed by atoms with E-state index in [1.54, 1.807) is 11.3 Å². The van der Waals surface area contributed by atoms with Gasteiger partial charge in [0.25, 0.3) is 0 Å². The second-order valence-electron chi connectivity index (χ2n) is 4.87. The molecule has 3 nitrogen and oxygen atoms in total. The standard InChI is InChI=1S/C14H16BrN3S/c15-12-7-10(8-19-12)14(18-16)11-5-1-3-9-4-2-6-17-13(9)11/h2,4,6-8,11,14,18H,1,3,5,16H2. The molecule has 1 aliphatic rings. The highest BCUT2D eigenvalue weighted by Gasteiger charge is 2.29. The number of aromatic nitrogens is 1. The summed E-state index contributed by atoms with van der Waals surface area (Å²) in [5.74, 6) is 6.17. The highest BCUT2D eigenvalue weighted by Crippen LogP contribution is 2.40. The number of rotatable bonds is 3. The van der Waals surface area contributed by atoms with E-state index in [1.807, 2.05) is 12.3 Å². The molecule has 3 rings (SSSR count). The van der Waals surface area contributed by atoms with Crippen molar-refractivity contribution in [3.63, 3.8) is 0 Å². The zero-order chi connectivity index (χ0) is 13.2. The number of thiophene rings is 1. The van der Waals surface area contributed by atoms with Crippen LogP contribution in [0.3, 0.4) is 0 Å². The molecule has 2 atom stereocenters. The Hall–Kier alpha value is -0.750. The summed E-state index contributed by atoms with van der Waals surface area (Å²) in [6.07, 6.45) is 5.34. The molecule has 0 fully saturated rings. The molecule has 5 heteroatoms. The third-order valence-electron chi connectivity index (χ3n) is 3.77. The maximum Gasteiger partial charge on any atom is 0.0701 e. The van der Waals surface area contributed by atoms with Crippen LogP contribution in [0.2, 0.25) is 0 Å². The van der Waals surface area contributed by atoms with Crippen LogP contribution in [0, 0.1) is 0 Å². The lowest BCUT2D eigenvalue weighted by Gasteiger charge is -2.30. The molecule has 19 heavy (non-hydrogen) atoms. The van der Waals surface area contributed by atoms with Crippen LogP contribution in [0.1, 0.15) is 41.6 Å². The lowest BCUT2D eigenvalue weighted by atomic mass is 9.80. The number of hydrogen-bond acceptors (Lipinski definition) is 4. The van der Waals surface area contributed by atoms with E-state index in [-0.39, 0.29) is 6.04 Å². The van der Waals surface area contributed by atoms with Gasteiger partial charge < -0.3 is 0 Å². The summed E-state index contributed by atoms with van der Waals surface area (Å²) in [6.45, 7) is 0. The lowest BCUT2D eigenvalue weighted by molar-refractivity contribution is 0.400. The molecule has 0 radical (unpaired) electrons. The average molecular weight is 338 g/mol. The van der Waals surface area contributed by atoms with Gasteiger partial charge in [-0.05, 0) is 63.8 Å². The van der Waals surface area contributed by atoms with Crippen LogP contribution in [0.25, 0.3) is 0 Å². The van der Waals surface area contributed by atoms with Gasteiger partial charge >= 0.3 is 0 Å². The molecule has 1 aliphatic carbocycles. The summed E-state index contributed by atoms with van der Waals surface area (Å²) < 4.78 is 1.14. The number of halogens is 1. The molecule has 100 valence electrons. The highest BCUT2D eigenvalue weighted by atomic mass is 79.9. The maximum atomic E-state index is 5.81. The molecule has 0 saturated heterocycles. The normalized spacial score (nSPS) is 20.0. The largest absolute Gasteiger partial charge is 0.271 e. The van der Waals surface area contributed by atoms with Crippen LogP contribution in [0.5, 0.6) is 0 Å². The Kier molecular flexibility index (Phi) is 3.98. The van der Waals surface area contributed by atoms with Crippen molar-refractivity contribution in [1.82, 2.24) is 10.4 Å². The smallest absolute Gasteiger partial charge is 0.0701 e. The second-order valence-corrected chi connectivity index (χ2v) is 7.17. The van der Waals surface area contributed by atoms with Crippen LogP contribution in [-0.2, 0) is 6.42 Å². The number of nitrogens with one attached hydrogen (secondary N) is 1. The van der Waals surface area contributed by atoms with Crippen LogP contribution < -0.4 is 11.3 Å². The van der Waals surface area contributed by atoms with E-state index in [0.29, 0.717) is 5.92 Å². The van der Waals surface area contributed by atoms with E-state index >= 15 is 0 Å². The van der Waals surface area contributed by atoms with Gasteiger partial charge in [0, 0.05) is 17.8 Å². The van der Waals surface area contributed by atoms with E-state index < -0.39 is 0 Å². The van der Waals surface area contributed by atoms with Crippen LogP contribution >= 0.6 is 27.3 Å². The molecule has 2 aromatic heterocycles. The van der Waals surface area contributed by atoms with E-state index in [4.69, 9.17) is 5.84 Å². The topological polar surface area (TPSA) is 50.9 Å². The number of nitrogens with zero attached hydrogens (tertiary/aromatic N) is 1. The lowest BCUT2D eigenvalue weighted by Crippen LogP contribution is -2.34. The molecule has 0 saturated carbocycles. The van der Waals surface area contributed by atoms with Gasteiger partial charge in [-0.2, -0.15) is 0 Å². The van der Waals surface area contributed by atoms with Crippen LogP contribution in [-0.4, -0.2) is 4.98 Å². The molecule has 2 heterocycles. The third-order valence-corrected chi connectivity index (χ3v) is 5.29. The first-order valence-electron chi connectivity index (χ1n) is 6.43. The number of pyridine rings is 1. The number of fused-ring (bicyclic) bond motifs is 1. The quantitative estimate of drug-likeness (QED) is 0.665. The van der Waals surface area contributed by atoms with Crippen molar-refractivity contribution in [2.24, 2.45) is 5.84 Å². The summed E-state index contributed by atoms with van der Waals surface area (Å²) in [4.78, 5) is 4.60. The zero-order valence-electron chi connectivity index (χ0n) is 10.5. The summed E-state index contributed by atoms with van der Waals surface area (Å²) in [5, 5.41) is 2.16. The number of nitrogens with two attached hydrogens (primary N) is 1. The number of hydrogen-bond donors (Lipinski definition) is 2. The van der Waals surface area contributed by atoms with E-state index in [1.165, 1.54) is 23.2 Å². The van der Waals surface area contributed by atoms with Crippen molar-refractivity contribution < 1.29 is 0 Å². The third kappa shape index (κ3) is 2.60. The van der Waals surface area contributed by atoms with Gasteiger partial charge in [0.05, 0.1) is 9.83 Å². The minimum Gasteiger partial charge on any atom is -0.271 e. The van der Waals surface area contributed by atoms with Gasteiger partial charge in [0.2, 0.25) is 0 Å². The Morgan fingerprint density at radius 3 is 3.16 bits per heavy atom. The fourth-order valence-electron chi connectivity index (χ4n) is 2.90. The zero-order valence-corrected chi connectivity index (χ0v) is 12.9. The van der Waals surface area contributed by atoms with Gasteiger partial charge in [-0.25, -0.2) is 0 Å². The van der Waals surface area contributed by atoms with E-state index in [0.717, 1.165) is 16.6 Å². The number of hydrazine groups is 1. The number of aryl methyl sites for hydroxylation is 1. The molecular formula is C14H16BrN3S. The molecule has 0 spiro atoms. The summed E-state index contributed by atoms with van der Waals surface area (Å²) in [5.41, 5.74) is 6.80. The molecular weight excluding hydrogens is 322 g/mol. The molecule has 0 bridgehead atoms. The fraction of sp³-hybridized carbons (Fsp3) is 0.357. The summed E-state index contributed by atoms with van der Waals surface area (Å²) in [7, 11) is 0. The minimum atomic E-state index is 0.136. The monoisotopic (exact) mass is 337 g/mol. The minimum absolute atomic E-state index is 0.136. The first-order valence-corrected chi connectivity index (χ1v) is 8.10. The van der Waals surface area contributed by atoms with Crippen molar-refractivity contribution in [3.05, 3.63) is 50.4 Å². The molecule has 3 N–H and O–H groups in total. The predicted molar refractivity (Wildman–Crippen MR) is 82.0 cm³/mol. The maximum absolute atomic E-state index is 5.81. The Bertz CT molecular complexity index is 569. The van der Waals surface area contributed by atoms with Crippen LogP contribution in [0.4, 0.5) is 0 Å². The van der Waals surface area contributed by atoms with Gasteiger partial charge in [-0.3, -0.25) is 16.3 Å². The molecule has 2 aromatic rings. The second kappa shape index (κ2) is 5.71.